The summed E-state index contributed by atoms with van der Waals surface area (Å²) >= 11 is 6.11. The van der Waals surface area contributed by atoms with E-state index in [4.69, 9.17) is 17.3 Å². The molecular weight excluding hydrogens is 398 g/mol. The third kappa shape index (κ3) is 4.03. The van der Waals surface area contributed by atoms with Gasteiger partial charge in [-0.1, -0.05) is 29.8 Å². The average molecular weight is 422 g/mol. The van der Waals surface area contributed by atoms with E-state index >= 15 is 0 Å². The molecule has 0 spiro atoms. The van der Waals surface area contributed by atoms with Gasteiger partial charge in [-0.15, -0.1) is 0 Å². The van der Waals surface area contributed by atoms with Crippen LogP contribution in [-0.4, -0.2) is 24.4 Å². The monoisotopic (exact) mass is 421 g/mol. The van der Waals surface area contributed by atoms with Crippen molar-refractivity contribution in [1.82, 2.24) is 0 Å². The lowest BCUT2D eigenvalue weighted by molar-refractivity contribution is -0.118. The SMILES string of the molecule is NC=C(C=NC1CCC1)c1ccc(NC(=O)C2(c3cccc(Cl)c3)CC2)cc1C=O. The molecule has 4 rings (SSSR count). The van der Waals surface area contributed by atoms with Gasteiger partial charge in [0.1, 0.15) is 0 Å². The minimum atomic E-state index is -0.553. The standard InChI is InChI=1S/C24H24ClN3O2/c25-19-4-1-3-18(12-19)24(9-10-24)23(30)28-21-7-8-22(16(11-21)15-29)17(13-26)14-27-20-5-2-6-20/h1,3-4,7-8,11-15,20H,2,5-6,9-10,26H2,(H,28,30). The normalized spacial score (nSPS) is 18.1. The third-order valence-corrected chi connectivity index (χ3v) is 6.22. The van der Waals surface area contributed by atoms with E-state index < -0.39 is 5.41 Å². The summed E-state index contributed by atoms with van der Waals surface area (Å²) in [6, 6.07) is 13.0. The molecule has 0 heterocycles. The van der Waals surface area contributed by atoms with E-state index in [1.165, 1.54) is 12.6 Å². The Morgan fingerprint density at radius 2 is 2.00 bits per heavy atom. The van der Waals surface area contributed by atoms with Crippen LogP contribution in [0.5, 0.6) is 0 Å². The number of rotatable bonds is 7. The second kappa shape index (κ2) is 8.44. The molecule has 5 nitrogen and oxygen atoms in total. The number of nitrogens with one attached hydrogen (secondary N) is 1. The van der Waals surface area contributed by atoms with Crippen LogP contribution in [0, 0.1) is 0 Å². The average Bonchev–Trinajstić information content (AvgIpc) is 3.52. The van der Waals surface area contributed by atoms with Gasteiger partial charge in [-0.3, -0.25) is 14.6 Å². The molecule has 3 N–H and O–H groups in total. The zero-order valence-corrected chi connectivity index (χ0v) is 17.4. The number of nitrogens with zero attached hydrogens (tertiary/aromatic N) is 1. The van der Waals surface area contributed by atoms with Crippen LogP contribution in [0.15, 0.2) is 53.7 Å². The van der Waals surface area contributed by atoms with Gasteiger partial charge < -0.3 is 11.1 Å². The van der Waals surface area contributed by atoms with Gasteiger partial charge in [0.25, 0.3) is 0 Å². The van der Waals surface area contributed by atoms with E-state index in [-0.39, 0.29) is 5.91 Å². The molecule has 2 aromatic carbocycles. The van der Waals surface area contributed by atoms with Crippen LogP contribution in [0.1, 0.15) is 53.6 Å². The van der Waals surface area contributed by atoms with Gasteiger partial charge in [-0.25, -0.2) is 0 Å². The zero-order chi connectivity index (χ0) is 21.1. The van der Waals surface area contributed by atoms with E-state index in [1.54, 1.807) is 30.5 Å². The molecule has 30 heavy (non-hydrogen) atoms. The van der Waals surface area contributed by atoms with Gasteiger partial charge in [0.05, 0.1) is 5.41 Å². The molecule has 2 aromatic rings. The summed E-state index contributed by atoms with van der Waals surface area (Å²) in [6.07, 6.45) is 8.90. The topological polar surface area (TPSA) is 84.5 Å². The number of hydrogen-bond donors (Lipinski definition) is 2. The second-order valence-corrected chi connectivity index (χ2v) is 8.39. The molecule has 0 aliphatic heterocycles. The first-order valence-corrected chi connectivity index (χ1v) is 10.6. The largest absolute Gasteiger partial charge is 0.404 e. The maximum absolute atomic E-state index is 13.0. The van der Waals surface area contributed by atoms with E-state index in [2.05, 4.69) is 10.3 Å². The van der Waals surface area contributed by atoms with E-state index in [0.717, 1.165) is 37.5 Å². The van der Waals surface area contributed by atoms with Crippen LogP contribution < -0.4 is 11.1 Å². The number of anilines is 1. The van der Waals surface area contributed by atoms with Gasteiger partial charge in [-0.05, 0) is 67.5 Å². The first kappa shape index (κ1) is 20.4. The summed E-state index contributed by atoms with van der Waals surface area (Å²) in [7, 11) is 0. The van der Waals surface area contributed by atoms with Crippen molar-refractivity contribution in [3.63, 3.8) is 0 Å². The molecule has 1 amide bonds. The molecule has 154 valence electrons. The van der Waals surface area contributed by atoms with Crippen molar-refractivity contribution in [2.24, 2.45) is 10.7 Å². The molecule has 2 aliphatic carbocycles. The van der Waals surface area contributed by atoms with E-state index in [1.807, 2.05) is 18.2 Å². The van der Waals surface area contributed by atoms with Crippen molar-refractivity contribution in [3.8, 4) is 0 Å². The van der Waals surface area contributed by atoms with Gasteiger partial charge in [-0.2, -0.15) is 0 Å². The second-order valence-electron chi connectivity index (χ2n) is 7.95. The number of aliphatic imine (C=N–C) groups is 1. The lowest BCUT2D eigenvalue weighted by atomic mass is 9.93. The minimum Gasteiger partial charge on any atom is -0.404 e. The number of halogens is 1. The quantitative estimate of drug-likeness (QED) is 0.500. The van der Waals surface area contributed by atoms with Crippen LogP contribution in [0.25, 0.3) is 5.57 Å². The number of carbonyl (C=O) groups is 2. The van der Waals surface area contributed by atoms with Crippen LogP contribution in [0.2, 0.25) is 5.02 Å². The van der Waals surface area contributed by atoms with Crippen molar-refractivity contribution in [2.45, 2.75) is 43.6 Å². The summed E-state index contributed by atoms with van der Waals surface area (Å²) in [5.74, 6) is -0.0875. The predicted octanol–water partition coefficient (Wildman–Crippen LogP) is 4.75. The lowest BCUT2D eigenvalue weighted by Crippen LogP contribution is -2.27. The number of aldehydes is 1. The van der Waals surface area contributed by atoms with Crippen molar-refractivity contribution in [2.75, 3.05) is 5.32 Å². The molecule has 0 saturated heterocycles. The predicted molar refractivity (Wildman–Crippen MR) is 121 cm³/mol. The molecule has 0 atom stereocenters. The Bertz CT molecular complexity index is 1040. The summed E-state index contributed by atoms with van der Waals surface area (Å²) in [5.41, 5.74) is 8.57. The highest BCUT2D eigenvalue weighted by molar-refractivity contribution is 6.30. The first-order valence-electron chi connectivity index (χ1n) is 10.2. The molecule has 0 radical (unpaired) electrons. The fraction of sp³-hybridized carbons (Fsp3) is 0.292. The Balaban J connectivity index is 1.53. The Hall–Kier alpha value is -2.92. The molecule has 0 unspecified atom stereocenters. The van der Waals surface area contributed by atoms with Crippen LogP contribution >= 0.6 is 11.6 Å². The number of benzene rings is 2. The van der Waals surface area contributed by atoms with Crippen LogP contribution in [0.4, 0.5) is 5.69 Å². The first-order chi connectivity index (χ1) is 14.6. The third-order valence-electron chi connectivity index (χ3n) is 5.99. The smallest absolute Gasteiger partial charge is 0.235 e. The maximum Gasteiger partial charge on any atom is 0.235 e. The van der Waals surface area contributed by atoms with Gasteiger partial charge in [0.15, 0.2) is 6.29 Å². The summed E-state index contributed by atoms with van der Waals surface area (Å²) in [4.78, 5) is 29.3. The Morgan fingerprint density at radius 1 is 1.20 bits per heavy atom. The fourth-order valence-electron chi connectivity index (χ4n) is 3.73. The van der Waals surface area contributed by atoms with Crippen molar-refractivity contribution in [1.29, 1.82) is 0 Å². The Kier molecular flexibility index (Phi) is 5.73. The van der Waals surface area contributed by atoms with E-state index in [9.17, 15) is 9.59 Å². The lowest BCUT2D eigenvalue weighted by Gasteiger charge is -2.20. The fourth-order valence-corrected chi connectivity index (χ4v) is 3.92. The highest BCUT2D eigenvalue weighted by Gasteiger charge is 2.51. The molecule has 0 aromatic heterocycles. The number of nitrogens with two attached hydrogens (primary N) is 1. The molecule has 2 saturated carbocycles. The Morgan fingerprint density at radius 3 is 2.60 bits per heavy atom. The van der Waals surface area contributed by atoms with E-state index in [0.29, 0.717) is 33.5 Å². The molecule has 6 heteroatoms. The van der Waals surface area contributed by atoms with Crippen molar-refractivity contribution in [3.05, 3.63) is 70.4 Å². The van der Waals surface area contributed by atoms with Gasteiger partial charge in [0.2, 0.25) is 5.91 Å². The highest BCUT2D eigenvalue weighted by atomic mass is 35.5. The Labute approximate surface area is 181 Å². The maximum atomic E-state index is 13.0. The zero-order valence-electron chi connectivity index (χ0n) is 16.6. The highest BCUT2D eigenvalue weighted by Crippen LogP contribution is 2.49. The summed E-state index contributed by atoms with van der Waals surface area (Å²) < 4.78 is 0. The summed E-state index contributed by atoms with van der Waals surface area (Å²) in [5, 5.41) is 3.58. The number of hydrogen-bond acceptors (Lipinski definition) is 4. The van der Waals surface area contributed by atoms with Gasteiger partial charge >= 0.3 is 0 Å². The van der Waals surface area contributed by atoms with Gasteiger partial charge in [0, 0.05) is 40.3 Å². The molecule has 0 bridgehead atoms. The van der Waals surface area contributed by atoms with Crippen molar-refractivity contribution < 1.29 is 9.59 Å². The molecular formula is C24H24ClN3O2. The number of amides is 1. The number of allylic oxidation sites excluding steroid dienone is 1. The van der Waals surface area contributed by atoms with Crippen molar-refractivity contribution >= 4 is 41.3 Å². The molecule has 2 aliphatic rings. The minimum absolute atomic E-state index is 0.0875. The number of carbonyl (C=O) groups excluding carboxylic acids is 2. The molecule has 2 fully saturated rings. The van der Waals surface area contributed by atoms with Crippen LogP contribution in [0.3, 0.4) is 0 Å². The summed E-state index contributed by atoms with van der Waals surface area (Å²) in [6.45, 7) is 0. The van der Waals surface area contributed by atoms with Crippen LogP contribution in [-0.2, 0) is 10.2 Å².